The lowest BCUT2D eigenvalue weighted by atomic mass is 10.1. The van der Waals surface area contributed by atoms with Crippen LogP contribution in [0.1, 0.15) is 156 Å². The fourth-order valence-corrected chi connectivity index (χ4v) is 5.81. The number of carbonyl (C=O) groups excluding carboxylic acids is 3. The average Bonchev–Trinajstić information content (AvgIpc) is 3.31. The van der Waals surface area contributed by atoms with Crippen molar-refractivity contribution in [3.05, 3.63) is 182 Å². The van der Waals surface area contributed by atoms with Crippen LogP contribution in [0.4, 0.5) is 0 Å². The van der Waals surface area contributed by atoms with Crippen LogP contribution in [0.25, 0.3) is 0 Å². The number of unbranched alkanes of at least 4 members (excludes halogenated alkanes) is 12. The summed E-state index contributed by atoms with van der Waals surface area (Å²) in [7, 11) is 0. The van der Waals surface area contributed by atoms with Gasteiger partial charge >= 0.3 is 17.9 Å². The van der Waals surface area contributed by atoms with Gasteiger partial charge in [0.2, 0.25) is 0 Å². The summed E-state index contributed by atoms with van der Waals surface area (Å²) in [5.74, 6) is -1.10. The van der Waals surface area contributed by atoms with Gasteiger partial charge in [-0.1, -0.05) is 242 Å². The maximum absolute atomic E-state index is 12.8. The fraction of sp³-hybridized carbons (Fsp3) is 0.450. The number of allylic oxidation sites excluding steroid dienone is 30. The molecule has 0 bridgehead atoms. The van der Waals surface area contributed by atoms with Gasteiger partial charge in [0.05, 0.1) is 0 Å². The topological polar surface area (TPSA) is 78.9 Å². The van der Waals surface area contributed by atoms with Crippen molar-refractivity contribution in [1.82, 2.24) is 0 Å². The molecule has 0 saturated carbocycles. The summed E-state index contributed by atoms with van der Waals surface area (Å²) in [4.78, 5) is 37.9. The lowest BCUT2D eigenvalue weighted by Gasteiger charge is -2.18. The Hall–Kier alpha value is -5.49. The summed E-state index contributed by atoms with van der Waals surface area (Å²) in [6.45, 7) is 6.14. The first-order valence-electron chi connectivity index (χ1n) is 25.0. The summed E-state index contributed by atoms with van der Waals surface area (Å²) in [5.41, 5.74) is 0. The van der Waals surface area contributed by atoms with Crippen molar-refractivity contribution in [2.75, 3.05) is 13.2 Å². The molecule has 0 aromatic rings. The van der Waals surface area contributed by atoms with E-state index >= 15 is 0 Å². The molecular formula is C60H86O6. The second kappa shape index (κ2) is 52.1. The van der Waals surface area contributed by atoms with Crippen LogP contribution >= 0.6 is 0 Å². The van der Waals surface area contributed by atoms with E-state index in [-0.39, 0.29) is 44.0 Å². The van der Waals surface area contributed by atoms with Crippen LogP contribution in [0.2, 0.25) is 0 Å². The summed E-state index contributed by atoms with van der Waals surface area (Å²) >= 11 is 0. The van der Waals surface area contributed by atoms with Gasteiger partial charge in [0, 0.05) is 19.3 Å². The zero-order chi connectivity index (χ0) is 47.9. The monoisotopic (exact) mass is 903 g/mol. The van der Waals surface area contributed by atoms with Gasteiger partial charge in [-0.05, 0) is 77.0 Å². The quantitative estimate of drug-likeness (QED) is 0.0263. The number of ether oxygens (including phenoxy) is 3. The van der Waals surface area contributed by atoms with E-state index in [9.17, 15) is 14.4 Å². The maximum atomic E-state index is 12.8. The Morgan fingerprint density at radius 1 is 0.318 bits per heavy atom. The molecule has 0 aliphatic rings. The maximum Gasteiger partial charge on any atom is 0.306 e. The molecule has 0 spiro atoms. The van der Waals surface area contributed by atoms with E-state index in [0.717, 1.165) is 83.5 Å². The van der Waals surface area contributed by atoms with E-state index in [4.69, 9.17) is 14.2 Å². The smallest absolute Gasteiger partial charge is 0.306 e. The van der Waals surface area contributed by atoms with Crippen molar-refractivity contribution in [1.29, 1.82) is 0 Å². The third-order valence-electron chi connectivity index (χ3n) is 9.51. The molecule has 0 rings (SSSR count). The zero-order valence-electron chi connectivity index (χ0n) is 41.1. The second-order valence-corrected chi connectivity index (χ2v) is 15.6. The van der Waals surface area contributed by atoms with Crippen molar-refractivity contribution in [3.8, 4) is 0 Å². The van der Waals surface area contributed by atoms with Crippen LogP contribution in [0, 0.1) is 0 Å². The molecule has 362 valence electrons. The fourth-order valence-electron chi connectivity index (χ4n) is 5.81. The number of rotatable bonds is 41. The predicted octanol–water partition coefficient (Wildman–Crippen LogP) is 16.6. The van der Waals surface area contributed by atoms with Crippen LogP contribution in [0.3, 0.4) is 0 Å². The largest absolute Gasteiger partial charge is 0.462 e. The van der Waals surface area contributed by atoms with E-state index in [2.05, 4.69) is 81.5 Å². The normalized spacial score (nSPS) is 13.7. The number of hydrogen-bond acceptors (Lipinski definition) is 6. The molecule has 0 amide bonds. The minimum atomic E-state index is -0.851. The highest BCUT2D eigenvalue weighted by Gasteiger charge is 2.19. The van der Waals surface area contributed by atoms with Gasteiger partial charge in [-0.3, -0.25) is 14.4 Å². The molecule has 6 heteroatoms. The van der Waals surface area contributed by atoms with Gasteiger partial charge in [-0.25, -0.2) is 0 Å². The summed E-state index contributed by atoms with van der Waals surface area (Å²) in [5, 5.41) is 0. The van der Waals surface area contributed by atoms with Gasteiger partial charge in [-0.15, -0.1) is 0 Å². The van der Waals surface area contributed by atoms with Crippen LogP contribution in [0.15, 0.2) is 182 Å². The van der Waals surface area contributed by atoms with Gasteiger partial charge in [0.15, 0.2) is 6.10 Å². The third-order valence-corrected chi connectivity index (χ3v) is 9.51. The Kier molecular flexibility index (Phi) is 47.8. The Balaban J connectivity index is 4.68. The van der Waals surface area contributed by atoms with E-state index in [0.29, 0.717) is 19.3 Å². The van der Waals surface area contributed by atoms with E-state index in [1.54, 1.807) is 0 Å². The molecule has 0 saturated heterocycles. The van der Waals surface area contributed by atoms with Gasteiger partial charge in [0.25, 0.3) is 0 Å². The molecule has 66 heavy (non-hydrogen) atoms. The first-order valence-corrected chi connectivity index (χ1v) is 25.0. The minimum absolute atomic E-state index is 0.142. The molecule has 0 heterocycles. The summed E-state index contributed by atoms with van der Waals surface area (Å²) in [6.07, 6.45) is 78.7. The van der Waals surface area contributed by atoms with Crippen molar-refractivity contribution >= 4 is 17.9 Å². The Bertz CT molecular complexity index is 1650. The number of esters is 3. The highest BCUT2D eigenvalue weighted by molar-refractivity contribution is 5.71. The third kappa shape index (κ3) is 49.5. The van der Waals surface area contributed by atoms with Crippen molar-refractivity contribution in [2.24, 2.45) is 0 Å². The predicted molar refractivity (Wildman–Crippen MR) is 283 cm³/mol. The Morgan fingerprint density at radius 2 is 0.606 bits per heavy atom. The summed E-state index contributed by atoms with van der Waals surface area (Å²) < 4.78 is 16.6. The molecule has 6 nitrogen and oxygen atoms in total. The molecule has 0 aliphatic carbocycles. The van der Waals surface area contributed by atoms with E-state index in [1.807, 2.05) is 122 Å². The standard InChI is InChI=1S/C60H86O6/c1-4-7-10-13-16-19-22-25-27-29-31-32-35-38-41-44-47-50-53-59(62)65-56-57(55-64-58(61)52-49-46-43-40-37-34-24-21-18-15-12-9-6-3)66-60(63)54-51-48-45-42-39-36-33-30-28-26-23-20-17-14-11-8-5-2/h8-9,11-12,14-34,36-37,39-40,43,57H,4-7,10,13,35,38,41-42,44-56H2,1-3H3/b11-8+,12-9+,17-14+,18-15+,19-16+,23-20+,24-21+,25-22+,28-26+,29-27+,32-31+,33-30+,37-34+,39-36+,43-40+. The molecule has 0 aromatic carbocycles. The molecule has 1 unspecified atom stereocenters. The van der Waals surface area contributed by atoms with Crippen LogP contribution in [-0.4, -0.2) is 37.2 Å². The molecule has 0 fully saturated rings. The van der Waals surface area contributed by atoms with E-state index < -0.39 is 6.10 Å². The van der Waals surface area contributed by atoms with Crippen molar-refractivity contribution < 1.29 is 28.6 Å². The Morgan fingerprint density at radius 3 is 1.00 bits per heavy atom. The Labute approximate surface area is 402 Å². The molecule has 0 radical (unpaired) electrons. The van der Waals surface area contributed by atoms with Gasteiger partial charge < -0.3 is 14.2 Å². The second-order valence-electron chi connectivity index (χ2n) is 15.6. The number of hydrogen-bond donors (Lipinski definition) is 0. The van der Waals surface area contributed by atoms with Crippen LogP contribution < -0.4 is 0 Å². The molecule has 0 aliphatic heterocycles. The van der Waals surface area contributed by atoms with Gasteiger partial charge in [0.1, 0.15) is 13.2 Å². The number of carbonyl (C=O) groups is 3. The molecule has 0 aromatic heterocycles. The zero-order valence-corrected chi connectivity index (χ0v) is 41.1. The van der Waals surface area contributed by atoms with Crippen molar-refractivity contribution in [3.63, 3.8) is 0 Å². The summed E-state index contributed by atoms with van der Waals surface area (Å²) in [6, 6.07) is 0. The SMILES string of the molecule is CC/C=C/C=C/C=C/C=C/C=C/C=C/CCCCCC(=O)OC(COC(=O)CCC/C=C/C=C/C=C/C=C/C=C/CC)COC(=O)CCCCCCC/C=C/C=C/C=C/C=C/CCCCC. The average molecular weight is 903 g/mol. The highest BCUT2D eigenvalue weighted by atomic mass is 16.6. The molecule has 0 N–H and O–H groups in total. The van der Waals surface area contributed by atoms with Crippen LogP contribution in [0.5, 0.6) is 0 Å². The lowest BCUT2D eigenvalue weighted by molar-refractivity contribution is -0.167. The van der Waals surface area contributed by atoms with E-state index in [1.165, 1.54) is 19.3 Å². The van der Waals surface area contributed by atoms with Crippen LogP contribution in [-0.2, 0) is 28.6 Å². The molecule has 1 atom stereocenters. The first-order chi connectivity index (χ1) is 32.5. The highest BCUT2D eigenvalue weighted by Crippen LogP contribution is 2.11. The van der Waals surface area contributed by atoms with Gasteiger partial charge in [-0.2, -0.15) is 0 Å². The minimum Gasteiger partial charge on any atom is -0.462 e. The first kappa shape index (κ1) is 60.5. The lowest BCUT2D eigenvalue weighted by Crippen LogP contribution is -2.30. The molecular weight excluding hydrogens is 817 g/mol. The van der Waals surface area contributed by atoms with Crippen molar-refractivity contribution in [2.45, 2.75) is 162 Å².